The van der Waals surface area contributed by atoms with Gasteiger partial charge in [0.2, 0.25) is 10.0 Å². The molecule has 0 aromatic heterocycles. The molecule has 0 aliphatic heterocycles. The predicted molar refractivity (Wildman–Crippen MR) is 85.5 cm³/mol. The molecule has 0 heterocycles. The summed E-state index contributed by atoms with van der Waals surface area (Å²) >= 11 is 0. The fraction of sp³-hybridized carbons (Fsp3) is 0.250. The lowest BCUT2D eigenvalue weighted by Gasteiger charge is -2.12. The van der Waals surface area contributed by atoms with Crippen molar-refractivity contribution in [1.29, 1.82) is 0 Å². The summed E-state index contributed by atoms with van der Waals surface area (Å²) in [4.78, 5) is 2.05. The van der Waals surface area contributed by atoms with E-state index in [2.05, 4.69) is 4.72 Å². The molecule has 0 fully saturated rings. The molecular weight excluding hydrogens is 284 g/mol. The zero-order valence-electron chi connectivity index (χ0n) is 12.5. The minimum atomic E-state index is -3.49. The fourth-order valence-electron chi connectivity index (χ4n) is 1.89. The molecule has 2 aromatic rings. The van der Waals surface area contributed by atoms with Crippen LogP contribution in [0.15, 0.2) is 53.4 Å². The van der Waals surface area contributed by atoms with E-state index < -0.39 is 10.0 Å². The Labute approximate surface area is 126 Å². The molecule has 21 heavy (non-hydrogen) atoms. The third kappa shape index (κ3) is 4.14. The summed E-state index contributed by atoms with van der Waals surface area (Å²) < 4.78 is 27.0. The molecule has 0 amide bonds. The second kappa shape index (κ2) is 6.39. The lowest BCUT2D eigenvalue weighted by molar-refractivity contribution is 0.399. The standard InChI is InChI=1S/C16H20N2O2S/c1-13-7-9-14(10-8-13)15-5-4-6-16(11-15)21(19,20)17-12-18(2)3/h4-11,17H,12H2,1-3H3. The molecule has 0 aliphatic carbocycles. The molecule has 0 saturated heterocycles. The van der Waals surface area contributed by atoms with Crippen LogP contribution in [0.3, 0.4) is 0 Å². The summed E-state index contributed by atoms with van der Waals surface area (Å²) in [6.07, 6.45) is 0. The Morgan fingerprint density at radius 2 is 1.67 bits per heavy atom. The first-order valence-corrected chi connectivity index (χ1v) is 8.18. The molecule has 5 heteroatoms. The van der Waals surface area contributed by atoms with Gasteiger partial charge in [-0.1, -0.05) is 42.0 Å². The molecular formula is C16H20N2O2S. The van der Waals surface area contributed by atoms with Gasteiger partial charge in [-0.3, -0.25) is 4.90 Å². The van der Waals surface area contributed by atoms with Crippen molar-refractivity contribution in [3.63, 3.8) is 0 Å². The van der Waals surface area contributed by atoms with Gasteiger partial charge < -0.3 is 0 Å². The Morgan fingerprint density at radius 1 is 1.00 bits per heavy atom. The largest absolute Gasteiger partial charge is 0.296 e. The fourth-order valence-corrected chi connectivity index (χ4v) is 3.02. The van der Waals surface area contributed by atoms with E-state index in [1.807, 2.05) is 51.4 Å². The van der Waals surface area contributed by atoms with Gasteiger partial charge in [0.15, 0.2) is 0 Å². The SMILES string of the molecule is Cc1ccc(-c2cccc(S(=O)(=O)NCN(C)C)c2)cc1. The first-order valence-electron chi connectivity index (χ1n) is 6.70. The molecule has 0 unspecified atom stereocenters. The van der Waals surface area contributed by atoms with Crippen molar-refractivity contribution in [2.75, 3.05) is 20.8 Å². The van der Waals surface area contributed by atoms with Crippen LogP contribution >= 0.6 is 0 Å². The highest BCUT2D eigenvalue weighted by Crippen LogP contribution is 2.22. The summed E-state index contributed by atoms with van der Waals surface area (Å²) in [5.41, 5.74) is 3.07. The zero-order valence-corrected chi connectivity index (χ0v) is 13.3. The number of nitrogens with one attached hydrogen (secondary N) is 1. The maximum Gasteiger partial charge on any atom is 0.241 e. The normalized spacial score (nSPS) is 11.8. The highest BCUT2D eigenvalue weighted by Gasteiger charge is 2.14. The van der Waals surface area contributed by atoms with Crippen molar-refractivity contribution in [3.05, 3.63) is 54.1 Å². The molecule has 4 nitrogen and oxygen atoms in total. The van der Waals surface area contributed by atoms with E-state index in [0.717, 1.165) is 11.1 Å². The molecule has 0 spiro atoms. The van der Waals surface area contributed by atoms with Crippen LogP contribution in [0.2, 0.25) is 0 Å². The van der Waals surface area contributed by atoms with E-state index in [9.17, 15) is 8.42 Å². The van der Waals surface area contributed by atoms with Gasteiger partial charge in [0.25, 0.3) is 0 Å². The first kappa shape index (κ1) is 15.7. The zero-order chi connectivity index (χ0) is 15.5. The third-order valence-corrected chi connectivity index (χ3v) is 4.48. The number of benzene rings is 2. The van der Waals surface area contributed by atoms with Gasteiger partial charge in [0, 0.05) is 0 Å². The topological polar surface area (TPSA) is 49.4 Å². The van der Waals surface area contributed by atoms with Crippen molar-refractivity contribution in [2.45, 2.75) is 11.8 Å². The molecule has 0 atom stereocenters. The summed E-state index contributed by atoms with van der Waals surface area (Å²) in [5, 5.41) is 0. The van der Waals surface area contributed by atoms with Gasteiger partial charge in [0.05, 0.1) is 11.6 Å². The van der Waals surface area contributed by atoms with Crippen LogP contribution in [0, 0.1) is 6.92 Å². The maximum absolute atomic E-state index is 12.2. The molecule has 0 aliphatic rings. The Bertz CT molecular complexity index is 707. The lowest BCUT2D eigenvalue weighted by Crippen LogP contribution is -2.33. The summed E-state index contributed by atoms with van der Waals surface area (Å²) in [5.74, 6) is 0. The molecule has 2 rings (SSSR count). The minimum Gasteiger partial charge on any atom is -0.296 e. The second-order valence-corrected chi connectivity index (χ2v) is 7.05. The second-order valence-electron chi connectivity index (χ2n) is 5.28. The summed E-state index contributed by atoms with van der Waals surface area (Å²) in [7, 11) is 0.136. The molecule has 0 saturated carbocycles. The van der Waals surface area contributed by atoms with Gasteiger partial charge in [-0.05, 0) is 44.3 Å². The van der Waals surface area contributed by atoms with Crippen molar-refractivity contribution >= 4 is 10.0 Å². The third-order valence-electron chi connectivity index (χ3n) is 3.10. The van der Waals surface area contributed by atoms with Gasteiger partial charge in [-0.15, -0.1) is 0 Å². The predicted octanol–water partition coefficient (Wildman–Crippen LogP) is 2.46. The monoisotopic (exact) mass is 304 g/mol. The van der Waals surface area contributed by atoms with E-state index >= 15 is 0 Å². The quantitative estimate of drug-likeness (QED) is 0.863. The molecule has 1 N–H and O–H groups in total. The smallest absolute Gasteiger partial charge is 0.241 e. The number of hydrogen-bond acceptors (Lipinski definition) is 3. The highest BCUT2D eigenvalue weighted by atomic mass is 32.2. The number of aryl methyl sites for hydroxylation is 1. The highest BCUT2D eigenvalue weighted by molar-refractivity contribution is 7.89. The van der Waals surface area contributed by atoms with Crippen LogP contribution in [0.25, 0.3) is 11.1 Å². The van der Waals surface area contributed by atoms with Crippen LogP contribution in [0.4, 0.5) is 0 Å². The number of rotatable bonds is 5. The lowest BCUT2D eigenvalue weighted by atomic mass is 10.0. The number of nitrogens with zero attached hydrogens (tertiary/aromatic N) is 1. The van der Waals surface area contributed by atoms with Crippen LogP contribution in [-0.2, 0) is 10.0 Å². The number of hydrogen-bond donors (Lipinski definition) is 1. The van der Waals surface area contributed by atoms with Crippen molar-refractivity contribution in [2.24, 2.45) is 0 Å². The Balaban J connectivity index is 2.31. The van der Waals surface area contributed by atoms with Gasteiger partial charge in [-0.2, -0.15) is 4.72 Å². The molecule has 0 radical (unpaired) electrons. The average Bonchev–Trinajstić information content (AvgIpc) is 2.46. The number of sulfonamides is 1. The van der Waals surface area contributed by atoms with Gasteiger partial charge in [-0.25, -0.2) is 8.42 Å². The molecule has 112 valence electrons. The minimum absolute atomic E-state index is 0.275. The Hall–Kier alpha value is -1.69. The van der Waals surface area contributed by atoms with E-state index in [4.69, 9.17) is 0 Å². The maximum atomic E-state index is 12.2. The van der Waals surface area contributed by atoms with Gasteiger partial charge in [0.1, 0.15) is 0 Å². The molecule has 2 aromatic carbocycles. The van der Waals surface area contributed by atoms with E-state index in [0.29, 0.717) is 0 Å². The van der Waals surface area contributed by atoms with Gasteiger partial charge >= 0.3 is 0 Å². The van der Waals surface area contributed by atoms with Crippen LogP contribution in [-0.4, -0.2) is 34.1 Å². The Morgan fingerprint density at radius 3 is 2.29 bits per heavy atom. The van der Waals surface area contributed by atoms with E-state index in [1.54, 1.807) is 23.1 Å². The average molecular weight is 304 g/mol. The molecule has 0 bridgehead atoms. The first-order chi connectivity index (χ1) is 9.88. The van der Waals surface area contributed by atoms with Crippen LogP contribution in [0.1, 0.15) is 5.56 Å². The van der Waals surface area contributed by atoms with Crippen molar-refractivity contribution in [3.8, 4) is 11.1 Å². The van der Waals surface area contributed by atoms with E-state index in [-0.39, 0.29) is 11.6 Å². The van der Waals surface area contributed by atoms with Crippen LogP contribution < -0.4 is 4.72 Å². The summed E-state index contributed by atoms with van der Waals surface area (Å²) in [6, 6.07) is 15.0. The Kier molecular flexibility index (Phi) is 4.77. The van der Waals surface area contributed by atoms with Crippen LogP contribution in [0.5, 0.6) is 0 Å². The van der Waals surface area contributed by atoms with E-state index in [1.165, 1.54) is 5.56 Å². The van der Waals surface area contributed by atoms with Crippen molar-refractivity contribution in [1.82, 2.24) is 9.62 Å². The summed E-state index contributed by atoms with van der Waals surface area (Å²) in [6.45, 7) is 2.30. The van der Waals surface area contributed by atoms with Crippen molar-refractivity contribution < 1.29 is 8.42 Å².